The topological polar surface area (TPSA) is 29.1 Å². The van der Waals surface area contributed by atoms with E-state index in [4.69, 9.17) is 11.6 Å². The van der Waals surface area contributed by atoms with Crippen molar-refractivity contribution in [1.29, 1.82) is 0 Å². The maximum Gasteiger partial charge on any atom is 0.223 e. The summed E-state index contributed by atoms with van der Waals surface area (Å²) < 4.78 is 0. The van der Waals surface area contributed by atoms with E-state index in [1.165, 1.54) is 12.0 Å². The zero-order valence-corrected chi connectivity index (χ0v) is 9.96. The van der Waals surface area contributed by atoms with Gasteiger partial charge >= 0.3 is 0 Å². The Balaban J connectivity index is 1.73. The van der Waals surface area contributed by atoms with Gasteiger partial charge in [0, 0.05) is 17.5 Å². The second-order valence-corrected chi connectivity index (χ2v) is 4.74. The first-order valence-electron chi connectivity index (χ1n) is 5.78. The highest BCUT2D eigenvalue weighted by atomic mass is 35.5. The number of benzene rings is 1. The number of carbonyl (C=O) groups excluding carboxylic acids is 1. The molecule has 1 amide bonds. The van der Waals surface area contributed by atoms with Crippen LogP contribution in [0.3, 0.4) is 0 Å². The molecule has 0 radical (unpaired) electrons. The van der Waals surface area contributed by atoms with Gasteiger partial charge in [0.05, 0.1) is 0 Å². The molecule has 1 aliphatic rings. The highest BCUT2D eigenvalue weighted by molar-refractivity contribution is 6.30. The van der Waals surface area contributed by atoms with Gasteiger partial charge in [0.1, 0.15) is 0 Å². The summed E-state index contributed by atoms with van der Waals surface area (Å²) in [4.78, 5) is 11.5. The Labute approximate surface area is 101 Å². The van der Waals surface area contributed by atoms with Gasteiger partial charge in [0.2, 0.25) is 5.91 Å². The monoisotopic (exact) mass is 237 g/mol. The zero-order chi connectivity index (χ0) is 11.4. The molecule has 1 N–H and O–H groups in total. The van der Waals surface area contributed by atoms with Crippen LogP contribution in [0.5, 0.6) is 0 Å². The lowest BCUT2D eigenvalue weighted by molar-refractivity contribution is -0.127. The lowest BCUT2D eigenvalue weighted by atomic mass is 9.85. The number of rotatable bonds is 4. The van der Waals surface area contributed by atoms with Crippen molar-refractivity contribution in [2.24, 2.45) is 5.92 Å². The second-order valence-electron chi connectivity index (χ2n) is 4.30. The fourth-order valence-electron chi connectivity index (χ4n) is 1.84. The predicted octanol–water partition coefficient (Wildman–Crippen LogP) is 2.80. The standard InChI is InChI=1S/C13H16ClNO/c14-12-6-1-3-10(9-12)7-8-15-13(16)11-4-2-5-11/h1,3,6,9,11H,2,4-5,7-8H2,(H,15,16). The average Bonchev–Trinajstić information content (AvgIpc) is 2.15. The van der Waals surface area contributed by atoms with Gasteiger partial charge in [-0.25, -0.2) is 0 Å². The van der Waals surface area contributed by atoms with E-state index in [0.717, 1.165) is 24.3 Å². The minimum absolute atomic E-state index is 0.216. The Morgan fingerprint density at radius 3 is 2.88 bits per heavy atom. The Kier molecular flexibility index (Phi) is 3.83. The molecule has 0 bridgehead atoms. The normalized spacial score (nSPS) is 15.6. The van der Waals surface area contributed by atoms with Gasteiger partial charge in [-0.2, -0.15) is 0 Å². The van der Waals surface area contributed by atoms with Gasteiger partial charge in [-0.3, -0.25) is 4.79 Å². The van der Waals surface area contributed by atoms with E-state index < -0.39 is 0 Å². The predicted molar refractivity (Wildman–Crippen MR) is 65.5 cm³/mol. The maximum absolute atomic E-state index is 11.5. The summed E-state index contributed by atoms with van der Waals surface area (Å²) in [6, 6.07) is 7.77. The van der Waals surface area contributed by atoms with E-state index in [1.54, 1.807) is 0 Å². The third-order valence-corrected chi connectivity index (χ3v) is 3.31. The summed E-state index contributed by atoms with van der Waals surface area (Å²) in [5.74, 6) is 0.493. The molecule has 0 atom stereocenters. The van der Waals surface area contributed by atoms with Crippen LogP contribution >= 0.6 is 11.6 Å². The zero-order valence-electron chi connectivity index (χ0n) is 9.21. The quantitative estimate of drug-likeness (QED) is 0.857. The molecule has 0 aromatic heterocycles. The fraction of sp³-hybridized carbons (Fsp3) is 0.462. The van der Waals surface area contributed by atoms with Gasteiger partial charge in [-0.05, 0) is 37.0 Å². The first kappa shape index (κ1) is 11.5. The number of nitrogens with one attached hydrogen (secondary N) is 1. The Morgan fingerprint density at radius 1 is 1.44 bits per heavy atom. The van der Waals surface area contributed by atoms with E-state index in [9.17, 15) is 4.79 Å². The van der Waals surface area contributed by atoms with Crippen LogP contribution in [-0.4, -0.2) is 12.5 Å². The van der Waals surface area contributed by atoms with E-state index in [0.29, 0.717) is 6.54 Å². The molecular weight excluding hydrogens is 222 g/mol. The van der Waals surface area contributed by atoms with Crippen LogP contribution in [0.15, 0.2) is 24.3 Å². The summed E-state index contributed by atoms with van der Waals surface area (Å²) >= 11 is 5.88. The molecule has 0 saturated heterocycles. The van der Waals surface area contributed by atoms with Gasteiger partial charge < -0.3 is 5.32 Å². The summed E-state index contributed by atoms with van der Waals surface area (Å²) in [5, 5.41) is 3.72. The Hall–Kier alpha value is -1.02. The summed E-state index contributed by atoms with van der Waals surface area (Å²) in [7, 11) is 0. The van der Waals surface area contributed by atoms with Gasteiger partial charge in [-0.1, -0.05) is 30.2 Å². The third-order valence-electron chi connectivity index (χ3n) is 3.08. The average molecular weight is 238 g/mol. The van der Waals surface area contributed by atoms with E-state index in [1.807, 2.05) is 24.3 Å². The molecule has 1 aromatic rings. The largest absolute Gasteiger partial charge is 0.356 e. The molecule has 16 heavy (non-hydrogen) atoms. The van der Waals surface area contributed by atoms with Crippen molar-refractivity contribution in [2.75, 3.05) is 6.54 Å². The summed E-state index contributed by atoms with van der Waals surface area (Å²) in [6.45, 7) is 0.704. The number of carbonyl (C=O) groups is 1. The first-order valence-corrected chi connectivity index (χ1v) is 6.15. The van der Waals surface area contributed by atoms with Crippen LogP contribution < -0.4 is 5.32 Å². The van der Waals surface area contributed by atoms with E-state index in [2.05, 4.69) is 5.32 Å². The van der Waals surface area contributed by atoms with Crippen LogP contribution in [0.25, 0.3) is 0 Å². The minimum Gasteiger partial charge on any atom is -0.356 e. The molecule has 1 saturated carbocycles. The van der Waals surface area contributed by atoms with Crippen LogP contribution in [0.4, 0.5) is 0 Å². The molecule has 0 heterocycles. The lowest BCUT2D eigenvalue weighted by Crippen LogP contribution is -2.35. The SMILES string of the molecule is O=C(NCCc1cccc(Cl)c1)C1CCC1. The van der Waals surface area contributed by atoms with Crippen LogP contribution in [0.2, 0.25) is 5.02 Å². The fourth-order valence-corrected chi connectivity index (χ4v) is 2.05. The molecule has 1 fully saturated rings. The summed E-state index contributed by atoms with van der Waals surface area (Å²) in [5.41, 5.74) is 1.17. The molecule has 1 aliphatic carbocycles. The molecule has 0 spiro atoms. The Bertz CT molecular complexity index is 374. The van der Waals surface area contributed by atoms with Gasteiger partial charge in [-0.15, -0.1) is 0 Å². The van der Waals surface area contributed by atoms with Gasteiger partial charge in [0.15, 0.2) is 0 Å². The highest BCUT2D eigenvalue weighted by Gasteiger charge is 2.24. The molecule has 0 unspecified atom stereocenters. The van der Waals surface area contributed by atoms with Gasteiger partial charge in [0.25, 0.3) is 0 Å². The molecule has 0 aliphatic heterocycles. The van der Waals surface area contributed by atoms with E-state index in [-0.39, 0.29) is 11.8 Å². The van der Waals surface area contributed by atoms with Crippen molar-refractivity contribution >= 4 is 17.5 Å². The van der Waals surface area contributed by atoms with Crippen LogP contribution in [-0.2, 0) is 11.2 Å². The van der Waals surface area contributed by atoms with Crippen molar-refractivity contribution in [2.45, 2.75) is 25.7 Å². The molecule has 86 valence electrons. The number of hydrogen-bond acceptors (Lipinski definition) is 1. The van der Waals surface area contributed by atoms with Crippen molar-refractivity contribution in [1.82, 2.24) is 5.32 Å². The second kappa shape index (κ2) is 5.35. The lowest BCUT2D eigenvalue weighted by Gasteiger charge is -2.24. The summed E-state index contributed by atoms with van der Waals surface area (Å²) in [6.07, 6.45) is 4.16. The molecule has 2 nitrogen and oxygen atoms in total. The minimum atomic E-state index is 0.216. The van der Waals surface area contributed by atoms with Crippen molar-refractivity contribution < 1.29 is 4.79 Å². The third kappa shape index (κ3) is 2.99. The van der Waals surface area contributed by atoms with Crippen molar-refractivity contribution in [3.8, 4) is 0 Å². The molecule has 1 aromatic carbocycles. The molecular formula is C13H16ClNO. The number of hydrogen-bond donors (Lipinski definition) is 1. The number of amides is 1. The van der Waals surface area contributed by atoms with Crippen molar-refractivity contribution in [3.63, 3.8) is 0 Å². The van der Waals surface area contributed by atoms with Crippen molar-refractivity contribution in [3.05, 3.63) is 34.9 Å². The highest BCUT2D eigenvalue weighted by Crippen LogP contribution is 2.26. The Morgan fingerprint density at radius 2 is 2.25 bits per heavy atom. The number of halogens is 1. The first-order chi connectivity index (χ1) is 7.75. The molecule has 3 heteroatoms. The van der Waals surface area contributed by atoms with Crippen LogP contribution in [0.1, 0.15) is 24.8 Å². The van der Waals surface area contributed by atoms with Crippen LogP contribution in [0, 0.1) is 5.92 Å². The molecule has 2 rings (SSSR count). The van der Waals surface area contributed by atoms with E-state index >= 15 is 0 Å². The maximum atomic E-state index is 11.5. The smallest absolute Gasteiger partial charge is 0.223 e.